The molecule has 0 bridgehead atoms. The number of nitrogens with zero attached hydrogens (tertiary/aromatic N) is 2. The van der Waals surface area contributed by atoms with Crippen LogP contribution in [0, 0.1) is 5.41 Å². The Labute approximate surface area is 287 Å². The molecule has 0 amide bonds. The first kappa shape index (κ1) is 30.5. The van der Waals surface area contributed by atoms with E-state index in [0.29, 0.717) is 5.84 Å². The molecule has 238 valence electrons. The molecule has 4 heteroatoms. The van der Waals surface area contributed by atoms with Gasteiger partial charge in [0, 0.05) is 39.1 Å². The lowest BCUT2D eigenvalue weighted by Gasteiger charge is -2.48. The maximum absolute atomic E-state index is 8.77. The summed E-state index contributed by atoms with van der Waals surface area (Å²) in [6.45, 7) is 9.41. The fraction of sp³-hybridized carbons (Fsp3) is 0.133. The van der Waals surface area contributed by atoms with E-state index in [1.807, 2.05) is 85.1 Å². The zero-order valence-electron chi connectivity index (χ0n) is 28.2. The Balaban J connectivity index is 1.24. The first-order chi connectivity index (χ1) is 23.7. The van der Waals surface area contributed by atoms with Crippen molar-refractivity contribution in [3.05, 3.63) is 167 Å². The summed E-state index contributed by atoms with van der Waals surface area (Å²) >= 11 is 0. The number of hydrogen-bond donors (Lipinski definition) is 1. The van der Waals surface area contributed by atoms with Crippen molar-refractivity contribution < 1.29 is 4.42 Å². The second-order valence-corrected chi connectivity index (χ2v) is 13.9. The smallest absolute Gasteiger partial charge is 0.161 e. The normalized spacial score (nSPS) is 15.0. The summed E-state index contributed by atoms with van der Waals surface area (Å²) in [5, 5.41) is 11.1. The van der Waals surface area contributed by atoms with E-state index in [-0.39, 0.29) is 16.7 Å². The van der Waals surface area contributed by atoms with Gasteiger partial charge < -0.3 is 4.42 Å². The number of amidine groups is 2. The second kappa shape index (κ2) is 11.7. The number of fused-ring (bicyclic) bond motifs is 7. The number of furan rings is 1. The highest BCUT2D eigenvalue weighted by Gasteiger charge is 2.47. The summed E-state index contributed by atoms with van der Waals surface area (Å²) in [6, 6.07) is 47.6. The molecule has 8 rings (SSSR count). The quantitative estimate of drug-likeness (QED) is 0.152. The van der Waals surface area contributed by atoms with Crippen LogP contribution in [-0.4, -0.2) is 17.9 Å². The molecule has 0 saturated heterocycles. The minimum atomic E-state index is -0.215. The monoisotopic (exact) mass is 635 g/mol. The van der Waals surface area contributed by atoms with Crippen LogP contribution in [0.5, 0.6) is 0 Å². The van der Waals surface area contributed by atoms with Crippen LogP contribution >= 0.6 is 0 Å². The van der Waals surface area contributed by atoms with Gasteiger partial charge in [0.1, 0.15) is 11.2 Å². The molecule has 0 aliphatic heterocycles. The van der Waals surface area contributed by atoms with Crippen LogP contribution in [0.3, 0.4) is 0 Å². The van der Waals surface area contributed by atoms with Gasteiger partial charge in [0.15, 0.2) is 11.7 Å². The largest absolute Gasteiger partial charge is 0.456 e. The summed E-state index contributed by atoms with van der Waals surface area (Å²) < 4.78 is 6.59. The Kier molecular flexibility index (Phi) is 7.26. The van der Waals surface area contributed by atoms with E-state index in [0.717, 1.165) is 44.4 Å². The molecule has 0 radical (unpaired) electrons. The first-order valence-electron chi connectivity index (χ1n) is 16.7. The van der Waals surface area contributed by atoms with Gasteiger partial charge in [0.25, 0.3) is 0 Å². The highest BCUT2D eigenvalue weighted by atomic mass is 16.3. The number of nitrogens with one attached hydrogen (secondary N) is 1. The summed E-state index contributed by atoms with van der Waals surface area (Å²) in [4.78, 5) is 9.56. The van der Waals surface area contributed by atoms with E-state index in [4.69, 9.17) is 19.8 Å². The Bertz CT molecular complexity index is 2450. The average molecular weight is 636 g/mol. The van der Waals surface area contributed by atoms with E-state index in [1.54, 1.807) is 0 Å². The predicted octanol–water partition coefficient (Wildman–Crippen LogP) is 11.4. The fourth-order valence-corrected chi connectivity index (χ4v) is 7.21. The minimum absolute atomic E-state index is 0.168. The summed E-state index contributed by atoms with van der Waals surface area (Å²) in [5.74, 6) is 0.656. The van der Waals surface area contributed by atoms with Gasteiger partial charge >= 0.3 is 0 Å². The van der Waals surface area contributed by atoms with Crippen molar-refractivity contribution in [1.29, 1.82) is 5.41 Å². The highest BCUT2D eigenvalue weighted by molar-refractivity contribution is 6.13. The molecule has 0 atom stereocenters. The molecule has 0 saturated carbocycles. The third-order valence-corrected chi connectivity index (χ3v) is 10.6. The maximum atomic E-state index is 8.77. The number of benzene rings is 6. The molecule has 1 aliphatic carbocycles. The Morgan fingerprint density at radius 3 is 2.08 bits per heavy atom. The highest BCUT2D eigenvalue weighted by Crippen LogP contribution is 2.56. The van der Waals surface area contributed by atoms with Gasteiger partial charge in [-0.3, -0.25) is 5.41 Å². The summed E-state index contributed by atoms with van der Waals surface area (Å²) in [7, 11) is 0. The van der Waals surface area contributed by atoms with Crippen molar-refractivity contribution in [2.45, 2.75) is 38.5 Å². The van der Waals surface area contributed by atoms with E-state index >= 15 is 0 Å². The lowest BCUT2D eigenvalue weighted by Crippen LogP contribution is -2.43. The zero-order valence-corrected chi connectivity index (χ0v) is 28.2. The average Bonchev–Trinajstić information content (AvgIpc) is 3.51. The second-order valence-electron chi connectivity index (χ2n) is 13.9. The molecule has 1 N–H and O–H groups in total. The first-order valence-corrected chi connectivity index (χ1v) is 16.7. The van der Waals surface area contributed by atoms with Gasteiger partial charge in [-0.25, -0.2) is 9.98 Å². The Morgan fingerprint density at radius 2 is 1.29 bits per heavy atom. The van der Waals surface area contributed by atoms with E-state index in [2.05, 4.69) is 88.4 Å². The summed E-state index contributed by atoms with van der Waals surface area (Å²) in [6.07, 6.45) is 1.81. The van der Waals surface area contributed by atoms with E-state index in [9.17, 15) is 0 Å². The van der Waals surface area contributed by atoms with Crippen molar-refractivity contribution in [2.75, 3.05) is 0 Å². The van der Waals surface area contributed by atoms with Gasteiger partial charge in [0.2, 0.25) is 0 Å². The van der Waals surface area contributed by atoms with Crippen LogP contribution in [0.1, 0.15) is 55.5 Å². The Morgan fingerprint density at radius 1 is 0.612 bits per heavy atom. The maximum Gasteiger partial charge on any atom is 0.161 e. The van der Waals surface area contributed by atoms with Crippen LogP contribution in [-0.2, 0) is 10.8 Å². The summed E-state index contributed by atoms with van der Waals surface area (Å²) in [5.41, 5.74) is 11.3. The molecule has 4 nitrogen and oxygen atoms in total. The lowest BCUT2D eigenvalue weighted by atomic mass is 9.55. The molecular formula is C45H37N3O. The molecule has 1 aliphatic rings. The number of rotatable bonds is 4. The topological polar surface area (TPSA) is 61.7 Å². The third-order valence-electron chi connectivity index (χ3n) is 10.6. The van der Waals surface area contributed by atoms with Crippen molar-refractivity contribution in [1.82, 2.24) is 0 Å². The number of hydrogen-bond acceptors (Lipinski definition) is 2. The van der Waals surface area contributed by atoms with Gasteiger partial charge in [-0.15, -0.1) is 0 Å². The van der Waals surface area contributed by atoms with Crippen LogP contribution in [0.4, 0.5) is 0 Å². The zero-order chi connectivity index (χ0) is 33.8. The lowest BCUT2D eigenvalue weighted by molar-refractivity contribution is 0.299. The standard InChI is InChI=1S/C45H37N3O/c1-44(2)38-27-32(22-23-34(38)36-24-25-37-35-20-11-12-21-39(35)49-41(37)40(36)45(44,3)4)31-18-13-19-33(26-31)43(47-28-29-14-7-5-8-15-29)48-42(46)30-16-9-6-10-17-30/h5-28,46H,1-4H3. The molecule has 6 aromatic carbocycles. The molecule has 49 heavy (non-hydrogen) atoms. The molecule has 1 heterocycles. The van der Waals surface area contributed by atoms with Gasteiger partial charge in [-0.1, -0.05) is 143 Å². The molecule has 0 unspecified atom stereocenters. The molecule has 1 aromatic heterocycles. The van der Waals surface area contributed by atoms with Gasteiger partial charge in [0.05, 0.1) is 0 Å². The van der Waals surface area contributed by atoms with Crippen LogP contribution in [0.15, 0.2) is 154 Å². The molecule has 0 fully saturated rings. The van der Waals surface area contributed by atoms with E-state index in [1.165, 1.54) is 27.6 Å². The van der Waals surface area contributed by atoms with Crippen molar-refractivity contribution in [3.63, 3.8) is 0 Å². The third kappa shape index (κ3) is 5.12. The Hall–Kier alpha value is -5.87. The van der Waals surface area contributed by atoms with Crippen LogP contribution in [0.25, 0.3) is 44.2 Å². The van der Waals surface area contributed by atoms with Gasteiger partial charge in [-0.2, -0.15) is 0 Å². The van der Waals surface area contributed by atoms with E-state index < -0.39 is 0 Å². The number of aliphatic imine (C=N–C) groups is 2. The predicted molar refractivity (Wildman–Crippen MR) is 204 cm³/mol. The van der Waals surface area contributed by atoms with Crippen molar-refractivity contribution >= 4 is 39.8 Å². The fourth-order valence-electron chi connectivity index (χ4n) is 7.21. The van der Waals surface area contributed by atoms with Crippen LogP contribution < -0.4 is 0 Å². The van der Waals surface area contributed by atoms with Crippen molar-refractivity contribution in [3.8, 4) is 22.3 Å². The minimum Gasteiger partial charge on any atom is -0.456 e. The van der Waals surface area contributed by atoms with Crippen molar-refractivity contribution in [2.24, 2.45) is 9.98 Å². The number of para-hydroxylation sites is 1. The van der Waals surface area contributed by atoms with Crippen LogP contribution in [0.2, 0.25) is 0 Å². The SMILES string of the molecule is CC1(C)c2cc(-c3cccc(C(N=Cc4ccccc4)=NC(=N)c4ccccc4)c3)ccc2-c2ccc3c(oc4ccccc43)c2C1(C)C. The molecular weight excluding hydrogens is 599 g/mol. The van der Waals surface area contributed by atoms with Gasteiger partial charge in [-0.05, 0) is 63.1 Å². The molecule has 7 aromatic rings. The molecule has 0 spiro atoms.